The lowest BCUT2D eigenvalue weighted by molar-refractivity contribution is 0.0115. The first-order chi connectivity index (χ1) is 18.6. The van der Waals surface area contributed by atoms with Crippen molar-refractivity contribution in [2.24, 2.45) is 0 Å². The van der Waals surface area contributed by atoms with Crippen LogP contribution >= 0.6 is 0 Å². The van der Waals surface area contributed by atoms with Gasteiger partial charge in [-0.1, -0.05) is 18.1 Å². The van der Waals surface area contributed by atoms with Crippen molar-refractivity contribution in [3.63, 3.8) is 0 Å². The summed E-state index contributed by atoms with van der Waals surface area (Å²) in [6.07, 6.45) is 10.0. The van der Waals surface area contributed by atoms with Gasteiger partial charge in [-0.25, -0.2) is 0 Å². The Kier molecular flexibility index (Phi) is 5.85. The number of piperidine rings is 1. The number of aromatic nitrogens is 1. The van der Waals surface area contributed by atoms with Crippen LogP contribution in [0.15, 0.2) is 30.3 Å². The average molecular weight is 510 g/mol. The number of morpholine rings is 1. The van der Waals surface area contributed by atoms with E-state index in [1.165, 1.54) is 5.56 Å². The monoisotopic (exact) mass is 509 g/mol. The van der Waals surface area contributed by atoms with Gasteiger partial charge in [0.2, 0.25) is 0 Å². The molecule has 1 N–H and O–H groups in total. The van der Waals surface area contributed by atoms with Gasteiger partial charge in [-0.2, -0.15) is 0 Å². The van der Waals surface area contributed by atoms with Crippen LogP contribution < -0.4 is 4.90 Å². The molecule has 0 amide bonds. The van der Waals surface area contributed by atoms with Crippen molar-refractivity contribution in [1.29, 1.82) is 0 Å². The minimum Gasteiger partial charge on any atom is -0.381 e. The van der Waals surface area contributed by atoms with Crippen LogP contribution in [0.2, 0.25) is 0 Å². The molecule has 1 spiro atoms. The average Bonchev–Trinajstić information content (AvgIpc) is 3.36. The van der Waals surface area contributed by atoms with Crippen LogP contribution in [0.1, 0.15) is 64.0 Å². The third-order valence-electron chi connectivity index (χ3n) is 9.42. The highest BCUT2D eigenvalue weighted by Crippen LogP contribution is 2.50. The molecule has 3 aromatic rings. The summed E-state index contributed by atoms with van der Waals surface area (Å²) in [5.74, 6) is 3.02. The van der Waals surface area contributed by atoms with Crippen LogP contribution in [0.3, 0.4) is 0 Å². The lowest BCUT2D eigenvalue weighted by Gasteiger charge is -2.43. The molecule has 4 aliphatic rings. The molecule has 0 bridgehead atoms. The number of carbonyl (C=O) groups excluding carboxylic acids is 1. The van der Waals surface area contributed by atoms with Crippen molar-refractivity contribution >= 4 is 22.4 Å². The van der Waals surface area contributed by atoms with Gasteiger partial charge in [-0.3, -0.25) is 9.69 Å². The van der Waals surface area contributed by atoms with Crippen molar-refractivity contribution in [2.45, 2.75) is 44.1 Å². The predicted octanol–water partition coefficient (Wildman–Crippen LogP) is 4.40. The summed E-state index contributed by atoms with van der Waals surface area (Å²) >= 11 is 0. The Hall–Kier alpha value is -3.11. The maximum Gasteiger partial charge on any atom is 0.195 e. The fourth-order valence-corrected chi connectivity index (χ4v) is 7.38. The van der Waals surface area contributed by atoms with E-state index >= 15 is 0 Å². The number of nitrogens with one attached hydrogen (secondary N) is 1. The smallest absolute Gasteiger partial charge is 0.195 e. The summed E-state index contributed by atoms with van der Waals surface area (Å²) in [7, 11) is 0. The van der Waals surface area contributed by atoms with Gasteiger partial charge in [0.1, 0.15) is 0 Å². The number of carbonyl (C=O) groups is 1. The SMILES string of the molecule is C#Cc1cc2c(cc1N1CCC(N3CCOCC3)CC1)C1(CCOCC1)c1[nH]c3cc(C)ccc3c1C2=O. The minimum absolute atomic E-state index is 0.0799. The van der Waals surface area contributed by atoms with Crippen LogP contribution in [0.4, 0.5) is 5.69 Å². The Morgan fingerprint density at radius 3 is 2.47 bits per heavy atom. The molecule has 6 heteroatoms. The zero-order valence-electron chi connectivity index (χ0n) is 22.1. The van der Waals surface area contributed by atoms with Crippen LogP contribution in [0.25, 0.3) is 10.9 Å². The number of fused-ring (bicyclic) bond motifs is 6. The van der Waals surface area contributed by atoms with Crippen LogP contribution in [0.5, 0.6) is 0 Å². The van der Waals surface area contributed by atoms with Crippen molar-refractivity contribution < 1.29 is 14.3 Å². The Bertz CT molecular complexity index is 1440. The van der Waals surface area contributed by atoms with E-state index in [4.69, 9.17) is 15.9 Å². The quantitative estimate of drug-likeness (QED) is 0.519. The number of benzene rings is 2. The van der Waals surface area contributed by atoms with E-state index in [9.17, 15) is 4.79 Å². The van der Waals surface area contributed by atoms with Crippen molar-refractivity contribution in [1.82, 2.24) is 9.88 Å². The standard InChI is InChI=1S/C32H35N3O3/c1-3-22-19-25-26(20-28(22)35-10-6-23(7-11-35)34-12-16-38-17-13-34)32(8-14-37-15-9-32)31-29(30(25)36)24-5-4-21(2)18-27(24)33-31/h1,4-5,18-20,23,33H,6-17H2,2H3. The molecule has 3 saturated heterocycles. The van der Waals surface area contributed by atoms with Crippen LogP contribution in [-0.2, 0) is 14.9 Å². The molecule has 3 fully saturated rings. The van der Waals surface area contributed by atoms with E-state index in [1.54, 1.807) is 0 Å². The van der Waals surface area contributed by atoms with E-state index in [2.05, 4.69) is 51.9 Å². The fraction of sp³-hybridized carbons (Fsp3) is 0.469. The number of ether oxygens (including phenoxy) is 2. The molecule has 3 aliphatic heterocycles. The number of rotatable bonds is 2. The molecule has 7 rings (SSSR count). The number of ketones is 1. The molecule has 196 valence electrons. The fourth-order valence-electron chi connectivity index (χ4n) is 7.38. The molecular formula is C32H35N3O3. The van der Waals surface area contributed by atoms with Gasteiger partial charge in [0.05, 0.1) is 24.5 Å². The maximum absolute atomic E-state index is 14.1. The summed E-state index contributed by atoms with van der Waals surface area (Å²) in [5.41, 5.74) is 7.61. The largest absolute Gasteiger partial charge is 0.381 e. The number of nitrogens with zero attached hydrogens (tertiary/aromatic N) is 2. The number of anilines is 1. The molecule has 1 aromatic heterocycles. The number of terminal acetylenes is 1. The van der Waals surface area contributed by atoms with Crippen molar-refractivity contribution in [3.8, 4) is 12.3 Å². The van der Waals surface area contributed by atoms with E-state index in [0.717, 1.165) is 110 Å². The van der Waals surface area contributed by atoms with E-state index in [1.807, 2.05) is 6.07 Å². The Labute approximate surface area is 224 Å². The van der Waals surface area contributed by atoms with Gasteiger partial charge in [-0.15, -0.1) is 6.42 Å². The summed E-state index contributed by atoms with van der Waals surface area (Å²) in [6, 6.07) is 11.2. The number of aromatic amines is 1. The van der Waals surface area contributed by atoms with Gasteiger partial charge in [0.15, 0.2) is 5.78 Å². The Morgan fingerprint density at radius 2 is 1.74 bits per heavy atom. The lowest BCUT2D eigenvalue weighted by atomic mass is 9.64. The van der Waals surface area contributed by atoms with Gasteiger partial charge in [0.25, 0.3) is 0 Å². The van der Waals surface area contributed by atoms with Gasteiger partial charge < -0.3 is 19.4 Å². The highest BCUT2D eigenvalue weighted by Gasteiger charge is 2.47. The zero-order valence-corrected chi connectivity index (χ0v) is 22.1. The normalized spacial score (nSPS) is 21.9. The van der Waals surface area contributed by atoms with Crippen molar-refractivity contribution in [2.75, 3.05) is 57.5 Å². The third-order valence-corrected chi connectivity index (χ3v) is 9.42. The van der Waals surface area contributed by atoms with E-state index in [0.29, 0.717) is 19.3 Å². The molecular weight excluding hydrogens is 474 g/mol. The second-order valence-corrected chi connectivity index (χ2v) is 11.4. The van der Waals surface area contributed by atoms with Gasteiger partial charge in [0, 0.05) is 78.6 Å². The van der Waals surface area contributed by atoms with Crippen LogP contribution in [0, 0.1) is 19.3 Å². The lowest BCUT2D eigenvalue weighted by Crippen LogP contribution is -2.49. The maximum atomic E-state index is 14.1. The predicted molar refractivity (Wildman–Crippen MR) is 149 cm³/mol. The van der Waals surface area contributed by atoms with Gasteiger partial charge in [-0.05, 0) is 61.9 Å². The van der Waals surface area contributed by atoms with E-state index in [-0.39, 0.29) is 11.2 Å². The molecule has 4 heterocycles. The summed E-state index contributed by atoms with van der Waals surface area (Å²) in [4.78, 5) is 22.9. The number of hydrogen-bond donors (Lipinski definition) is 1. The number of H-pyrrole nitrogens is 1. The Balaban J connectivity index is 1.31. The molecule has 6 nitrogen and oxygen atoms in total. The summed E-state index contributed by atoms with van der Waals surface area (Å²) < 4.78 is 11.4. The first kappa shape index (κ1) is 24.0. The zero-order chi connectivity index (χ0) is 25.9. The summed E-state index contributed by atoms with van der Waals surface area (Å²) in [6.45, 7) is 9.11. The molecule has 2 aromatic carbocycles. The molecule has 38 heavy (non-hydrogen) atoms. The molecule has 0 saturated carbocycles. The van der Waals surface area contributed by atoms with E-state index < -0.39 is 0 Å². The van der Waals surface area contributed by atoms with Gasteiger partial charge >= 0.3 is 0 Å². The number of aryl methyl sites for hydroxylation is 1. The second kappa shape index (κ2) is 9.27. The molecule has 0 atom stereocenters. The minimum atomic E-state index is -0.280. The third kappa shape index (κ3) is 3.64. The van der Waals surface area contributed by atoms with Crippen molar-refractivity contribution in [3.05, 3.63) is 63.8 Å². The topological polar surface area (TPSA) is 57.8 Å². The molecule has 1 aliphatic carbocycles. The first-order valence-electron chi connectivity index (χ1n) is 14.1. The molecule has 0 unspecified atom stereocenters. The number of hydrogen-bond acceptors (Lipinski definition) is 5. The first-order valence-corrected chi connectivity index (χ1v) is 14.1. The highest BCUT2D eigenvalue weighted by atomic mass is 16.5. The Morgan fingerprint density at radius 1 is 1.00 bits per heavy atom. The van der Waals surface area contributed by atoms with Crippen LogP contribution in [-0.4, -0.2) is 74.3 Å². The second-order valence-electron chi connectivity index (χ2n) is 11.4. The summed E-state index contributed by atoms with van der Waals surface area (Å²) in [5, 5.41) is 1.00. The molecule has 0 radical (unpaired) electrons. The highest BCUT2D eigenvalue weighted by molar-refractivity contribution is 6.20.